The average Bonchev–Trinajstić information content (AvgIpc) is 2.54. The van der Waals surface area contributed by atoms with E-state index in [9.17, 15) is 0 Å². The lowest BCUT2D eigenvalue weighted by molar-refractivity contribution is 0.0985. The van der Waals surface area contributed by atoms with Crippen molar-refractivity contribution < 1.29 is 4.74 Å². The maximum absolute atomic E-state index is 6.12. The minimum absolute atomic E-state index is 0.305. The number of anilines is 1. The molecule has 0 unspecified atom stereocenters. The van der Waals surface area contributed by atoms with Gasteiger partial charge in [0.05, 0.1) is 24.9 Å². The first-order valence-electron chi connectivity index (χ1n) is 7.33. The predicted molar refractivity (Wildman–Crippen MR) is 91.8 cm³/mol. The Hall–Kier alpha value is -1.30. The van der Waals surface area contributed by atoms with Gasteiger partial charge in [-0.25, -0.2) is 9.97 Å². The highest BCUT2D eigenvalue weighted by atomic mass is 35.5. The second-order valence-corrected chi connectivity index (χ2v) is 6.74. The van der Waals surface area contributed by atoms with Crippen LogP contribution in [-0.2, 0) is 22.3 Å². The van der Waals surface area contributed by atoms with Gasteiger partial charge in [0.25, 0.3) is 0 Å². The van der Waals surface area contributed by atoms with Crippen LogP contribution in [0.3, 0.4) is 0 Å². The molecule has 3 rings (SSSR count). The van der Waals surface area contributed by atoms with Gasteiger partial charge in [-0.05, 0) is 30.7 Å². The molecule has 0 bridgehead atoms. The van der Waals surface area contributed by atoms with Crippen LogP contribution in [0.15, 0.2) is 41.3 Å². The van der Waals surface area contributed by atoms with Crippen LogP contribution in [0.25, 0.3) is 0 Å². The Kier molecular flexibility index (Phi) is 5.18. The highest BCUT2D eigenvalue weighted by molar-refractivity contribution is 7.77. The minimum atomic E-state index is 0.305. The van der Waals surface area contributed by atoms with Gasteiger partial charge in [-0.15, -0.1) is 0 Å². The zero-order chi connectivity index (χ0) is 15.4. The molecular formula is C16H19ClN3OS+. The third kappa shape index (κ3) is 3.91. The van der Waals surface area contributed by atoms with Crippen molar-refractivity contribution in [2.45, 2.75) is 23.6 Å². The third-order valence-corrected chi connectivity index (χ3v) is 4.89. The first-order valence-corrected chi connectivity index (χ1v) is 8.78. The smallest absolute Gasteiger partial charge is 0.224 e. The molecule has 0 radical (unpaired) electrons. The Morgan fingerprint density at radius 3 is 2.91 bits per heavy atom. The highest BCUT2D eigenvalue weighted by Crippen LogP contribution is 2.21. The molecule has 0 saturated carbocycles. The van der Waals surface area contributed by atoms with Crippen LogP contribution >= 0.6 is 11.6 Å². The van der Waals surface area contributed by atoms with E-state index in [0.717, 1.165) is 37.0 Å². The van der Waals surface area contributed by atoms with Crippen molar-refractivity contribution in [3.63, 3.8) is 0 Å². The van der Waals surface area contributed by atoms with Gasteiger partial charge < -0.3 is 9.64 Å². The molecule has 1 atom stereocenters. The van der Waals surface area contributed by atoms with Crippen LogP contribution in [0.4, 0.5) is 5.82 Å². The standard InChI is InChI=1S/C16H18ClN3OS/c1-12-10-21-8-7-20(12)15-9-13(18-16(17)19-15)11-22-14-5-3-2-4-6-14/h2-6,9,12H,7-8,10-11H2,1H3/p+1/t12-/m0/s1. The fraction of sp³-hybridized carbons (Fsp3) is 0.375. The van der Waals surface area contributed by atoms with Crippen molar-refractivity contribution in [2.24, 2.45) is 0 Å². The summed E-state index contributed by atoms with van der Waals surface area (Å²) in [7, 11) is 0. The van der Waals surface area contributed by atoms with E-state index in [0.29, 0.717) is 11.3 Å². The van der Waals surface area contributed by atoms with Crippen LogP contribution in [0.1, 0.15) is 12.6 Å². The monoisotopic (exact) mass is 336 g/mol. The summed E-state index contributed by atoms with van der Waals surface area (Å²) in [6.07, 6.45) is 0. The number of aromatic nitrogens is 2. The van der Waals surface area contributed by atoms with E-state index >= 15 is 0 Å². The van der Waals surface area contributed by atoms with E-state index in [-0.39, 0.29) is 0 Å². The molecule has 2 heterocycles. The summed E-state index contributed by atoms with van der Waals surface area (Å²) in [4.78, 5) is 12.3. The first kappa shape index (κ1) is 15.6. The molecular weight excluding hydrogens is 318 g/mol. The SMILES string of the molecule is C[C@H]1COCCN1c1cc(C[SH+]c2ccccc2)nc(Cl)n1. The van der Waals surface area contributed by atoms with Crippen LogP contribution in [-0.4, -0.2) is 35.8 Å². The number of benzene rings is 1. The second kappa shape index (κ2) is 7.31. The summed E-state index contributed by atoms with van der Waals surface area (Å²) in [5.41, 5.74) is 0.971. The van der Waals surface area contributed by atoms with Gasteiger partial charge in [0.15, 0.2) is 10.6 Å². The Morgan fingerprint density at radius 1 is 1.32 bits per heavy atom. The molecule has 1 fully saturated rings. The lowest BCUT2D eigenvalue weighted by Gasteiger charge is -2.34. The van der Waals surface area contributed by atoms with Gasteiger partial charge in [0.1, 0.15) is 5.82 Å². The van der Waals surface area contributed by atoms with Gasteiger partial charge in [-0.1, -0.05) is 18.2 Å². The van der Waals surface area contributed by atoms with Crippen molar-refractivity contribution in [3.8, 4) is 0 Å². The molecule has 1 aliphatic rings. The molecule has 1 aromatic heterocycles. The number of morpholine rings is 1. The molecule has 6 heteroatoms. The third-order valence-electron chi connectivity index (χ3n) is 3.58. The fourth-order valence-electron chi connectivity index (χ4n) is 2.45. The largest absolute Gasteiger partial charge is 0.377 e. The number of thiol groups is 1. The summed E-state index contributed by atoms with van der Waals surface area (Å²) >= 11 is 7.33. The first-order chi connectivity index (χ1) is 10.7. The van der Waals surface area contributed by atoms with Crippen LogP contribution in [0, 0.1) is 0 Å². The second-order valence-electron chi connectivity index (χ2n) is 5.26. The summed E-state index contributed by atoms with van der Waals surface area (Å²) in [5.74, 6) is 1.73. The maximum Gasteiger partial charge on any atom is 0.224 e. The average molecular weight is 337 g/mol. The van der Waals surface area contributed by atoms with E-state index in [2.05, 4.69) is 46.1 Å². The number of hydrogen-bond acceptors (Lipinski definition) is 4. The van der Waals surface area contributed by atoms with Gasteiger partial charge in [-0.2, -0.15) is 0 Å². The number of ether oxygens (including phenoxy) is 1. The number of nitrogens with zero attached hydrogens (tertiary/aromatic N) is 3. The predicted octanol–water partition coefficient (Wildman–Crippen LogP) is 2.73. The summed E-state index contributed by atoms with van der Waals surface area (Å²) < 4.78 is 5.48. The molecule has 0 amide bonds. The molecule has 0 N–H and O–H groups in total. The topological polar surface area (TPSA) is 38.2 Å². The van der Waals surface area contributed by atoms with Crippen molar-refractivity contribution >= 4 is 29.2 Å². The maximum atomic E-state index is 6.12. The molecule has 2 aromatic rings. The molecule has 1 saturated heterocycles. The molecule has 116 valence electrons. The zero-order valence-corrected chi connectivity index (χ0v) is 14.1. The molecule has 0 spiro atoms. The normalized spacial score (nSPS) is 18.5. The van der Waals surface area contributed by atoms with Crippen molar-refractivity contribution in [1.29, 1.82) is 0 Å². The quantitative estimate of drug-likeness (QED) is 0.489. The fourth-order valence-corrected chi connectivity index (χ4v) is 3.54. The Balaban J connectivity index is 1.74. The highest BCUT2D eigenvalue weighted by Gasteiger charge is 2.21. The van der Waals surface area contributed by atoms with Gasteiger partial charge in [-0.3, -0.25) is 0 Å². The van der Waals surface area contributed by atoms with E-state index in [1.807, 2.05) is 12.1 Å². The lowest BCUT2D eigenvalue weighted by atomic mass is 10.2. The minimum Gasteiger partial charge on any atom is -0.377 e. The van der Waals surface area contributed by atoms with Crippen LogP contribution in [0.2, 0.25) is 5.28 Å². The Bertz CT molecular complexity index is 626. The molecule has 4 nitrogen and oxygen atoms in total. The number of rotatable bonds is 4. The summed E-state index contributed by atoms with van der Waals surface area (Å²) in [5, 5.41) is 0.314. The van der Waals surface area contributed by atoms with E-state index in [4.69, 9.17) is 16.3 Å². The zero-order valence-electron chi connectivity index (χ0n) is 12.4. The van der Waals surface area contributed by atoms with Crippen LogP contribution in [0.5, 0.6) is 0 Å². The van der Waals surface area contributed by atoms with Gasteiger partial charge in [0, 0.05) is 24.4 Å². The van der Waals surface area contributed by atoms with Crippen molar-refractivity contribution in [3.05, 3.63) is 47.4 Å². The number of hydrogen-bond donors (Lipinski definition) is 0. The molecule has 22 heavy (non-hydrogen) atoms. The molecule has 0 aliphatic carbocycles. The van der Waals surface area contributed by atoms with Crippen molar-refractivity contribution in [2.75, 3.05) is 24.7 Å². The van der Waals surface area contributed by atoms with Gasteiger partial charge in [0.2, 0.25) is 5.28 Å². The van der Waals surface area contributed by atoms with Crippen LogP contribution < -0.4 is 4.90 Å². The summed E-state index contributed by atoms with van der Waals surface area (Å²) in [6, 6.07) is 12.7. The Morgan fingerprint density at radius 2 is 2.14 bits per heavy atom. The van der Waals surface area contributed by atoms with Crippen molar-refractivity contribution in [1.82, 2.24) is 9.97 Å². The number of halogens is 1. The van der Waals surface area contributed by atoms with E-state index in [1.54, 1.807) is 0 Å². The molecule has 1 aromatic carbocycles. The Labute approximate surface area is 139 Å². The van der Waals surface area contributed by atoms with E-state index in [1.165, 1.54) is 16.7 Å². The van der Waals surface area contributed by atoms with Gasteiger partial charge >= 0.3 is 0 Å². The summed E-state index contributed by atoms with van der Waals surface area (Å²) in [6.45, 7) is 4.42. The van der Waals surface area contributed by atoms with E-state index < -0.39 is 0 Å². The molecule has 1 aliphatic heterocycles. The lowest BCUT2D eigenvalue weighted by Crippen LogP contribution is -2.44.